The zero-order chi connectivity index (χ0) is 19.3. The van der Waals surface area contributed by atoms with Gasteiger partial charge in [0, 0.05) is 24.3 Å². The van der Waals surface area contributed by atoms with Crippen LogP contribution in [0.15, 0.2) is 18.3 Å². The lowest BCUT2D eigenvalue weighted by molar-refractivity contribution is -0.154. The van der Waals surface area contributed by atoms with Crippen LogP contribution < -0.4 is 10.1 Å². The van der Waals surface area contributed by atoms with Crippen LogP contribution in [-0.4, -0.2) is 64.8 Å². The molecule has 2 rings (SSSR count). The lowest BCUT2D eigenvalue weighted by Gasteiger charge is -2.42. The smallest absolute Gasteiger partial charge is 0.422 e. The number of hydrogen-bond acceptors (Lipinski definition) is 5. The number of aliphatic carboxylic acids is 1. The minimum absolute atomic E-state index is 0.0366. The number of carbonyl (C=O) groups excluding carboxylic acids is 1. The van der Waals surface area contributed by atoms with Crippen molar-refractivity contribution in [3.63, 3.8) is 0 Å². The van der Waals surface area contributed by atoms with Crippen molar-refractivity contribution < 1.29 is 32.6 Å². The summed E-state index contributed by atoms with van der Waals surface area (Å²) in [6.45, 7) is 1.01. The van der Waals surface area contributed by atoms with Crippen LogP contribution in [0.3, 0.4) is 0 Å². The third-order valence-corrected chi connectivity index (χ3v) is 4.09. The summed E-state index contributed by atoms with van der Waals surface area (Å²) in [5.41, 5.74) is 0.214. The predicted molar refractivity (Wildman–Crippen MR) is 84.9 cm³/mol. The Bertz CT molecular complexity index is 631. The number of carboxylic acids is 1. The van der Waals surface area contributed by atoms with Crippen LogP contribution >= 0.6 is 0 Å². The number of amides is 1. The van der Waals surface area contributed by atoms with Gasteiger partial charge in [-0.25, -0.2) is 4.98 Å². The fourth-order valence-corrected chi connectivity index (χ4v) is 2.70. The Balaban J connectivity index is 1.79. The third-order valence-electron chi connectivity index (χ3n) is 4.09. The molecule has 1 heterocycles. The van der Waals surface area contributed by atoms with E-state index in [-0.39, 0.29) is 36.0 Å². The van der Waals surface area contributed by atoms with Gasteiger partial charge in [0.25, 0.3) is 5.91 Å². The highest BCUT2D eigenvalue weighted by atomic mass is 19.4. The van der Waals surface area contributed by atoms with E-state index in [0.29, 0.717) is 19.4 Å². The molecule has 0 bridgehead atoms. The molecule has 1 fully saturated rings. The quantitative estimate of drug-likeness (QED) is 0.719. The lowest BCUT2D eigenvalue weighted by atomic mass is 9.85. The van der Waals surface area contributed by atoms with Gasteiger partial charge in [0.05, 0.1) is 12.1 Å². The van der Waals surface area contributed by atoms with Gasteiger partial charge in [0.15, 0.2) is 6.61 Å². The number of pyridine rings is 1. The Hall–Kier alpha value is -2.36. The molecule has 1 aromatic heterocycles. The second-order valence-corrected chi connectivity index (χ2v) is 6.04. The van der Waals surface area contributed by atoms with Gasteiger partial charge < -0.3 is 15.2 Å². The zero-order valence-corrected chi connectivity index (χ0v) is 14.1. The van der Waals surface area contributed by atoms with Gasteiger partial charge in [0.1, 0.15) is 0 Å². The summed E-state index contributed by atoms with van der Waals surface area (Å²) >= 11 is 0. The van der Waals surface area contributed by atoms with Gasteiger partial charge in [-0.2, -0.15) is 13.2 Å². The van der Waals surface area contributed by atoms with E-state index in [1.807, 2.05) is 11.8 Å². The van der Waals surface area contributed by atoms with Crippen molar-refractivity contribution in [3.05, 3.63) is 23.9 Å². The molecule has 0 saturated heterocycles. The molecule has 0 spiro atoms. The first-order valence-corrected chi connectivity index (χ1v) is 8.10. The molecule has 144 valence electrons. The molecule has 0 aliphatic heterocycles. The maximum atomic E-state index is 12.1. The minimum atomic E-state index is -4.45. The number of likely N-dealkylation sites (N-methyl/N-ethyl adjacent to an activating group) is 1. The zero-order valence-electron chi connectivity index (χ0n) is 14.1. The van der Waals surface area contributed by atoms with Crippen LogP contribution in [0, 0.1) is 0 Å². The lowest BCUT2D eigenvalue weighted by Crippen LogP contribution is -2.54. The van der Waals surface area contributed by atoms with Crippen LogP contribution in [0.1, 0.15) is 30.1 Å². The SMILES string of the molecule is CCN(CC(=O)O)C1CC(NC(=O)c2ccc(OCC(F)(F)F)nc2)C1. The summed E-state index contributed by atoms with van der Waals surface area (Å²) in [5, 5.41) is 11.7. The number of rotatable bonds is 8. The van der Waals surface area contributed by atoms with Crippen LogP contribution in [0.4, 0.5) is 13.2 Å². The molecule has 7 nitrogen and oxygen atoms in total. The summed E-state index contributed by atoms with van der Waals surface area (Å²) in [7, 11) is 0. The standard InChI is InChI=1S/C16H20F3N3O4/c1-2-22(8-14(23)24)12-5-11(6-12)21-15(25)10-3-4-13(20-7-10)26-9-16(17,18)19/h3-4,7,11-12H,2,5-6,8-9H2,1H3,(H,21,25)(H,23,24). The highest BCUT2D eigenvalue weighted by Crippen LogP contribution is 2.26. The van der Waals surface area contributed by atoms with Crippen molar-refractivity contribution >= 4 is 11.9 Å². The molecule has 1 aliphatic carbocycles. The molecule has 1 saturated carbocycles. The molecule has 1 amide bonds. The average Bonchev–Trinajstić information content (AvgIpc) is 2.53. The Morgan fingerprint density at radius 2 is 2.08 bits per heavy atom. The second kappa shape index (κ2) is 8.35. The fraction of sp³-hybridized carbons (Fsp3) is 0.562. The predicted octanol–water partition coefficient (Wildman–Crippen LogP) is 1.69. The van der Waals surface area contributed by atoms with Crippen LogP contribution in [0.25, 0.3) is 0 Å². The number of ether oxygens (including phenoxy) is 1. The van der Waals surface area contributed by atoms with Crippen molar-refractivity contribution in [2.75, 3.05) is 19.7 Å². The second-order valence-electron chi connectivity index (χ2n) is 6.04. The first-order chi connectivity index (χ1) is 12.2. The maximum absolute atomic E-state index is 12.1. The monoisotopic (exact) mass is 375 g/mol. The first-order valence-electron chi connectivity index (χ1n) is 8.10. The van der Waals surface area contributed by atoms with E-state index in [9.17, 15) is 22.8 Å². The molecule has 2 N–H and O–H groups in total. The van der Waals surface area contributed by atoms with E-state index in [2.05, 4.69) is 15.0 Å². The maximum Gasteiger partial charge on any atom is 0.422 e. The summed E-state index contributed by atoms with van der Waals surface area (Å²) in [6, 6.07) is 2.58. The number of carboxylic acid groups (broad SMARTS) is 1. The Labute approximate surface area is 148 Å². The molecule has 0 aromatic carbocycles. The number of carbonyl (C=O) groups is 2. The van der Waals surface area contributed by atoms with Crippen LogP contribution in [0.5, 0.6) is 5.88 Å². The number of hydrogen-bond donors (Lipinski definition) is 2. The highest BCUT2D eigenvalue weighted by Gasteiger charge is 2.34. The largest absolute Gasteiger partial charge is 0.480 e. The summed E-state index contributed by atoms with van der Waals surface area (Å²) in [4.78, 5) is 28.4. The van der Waals surface area contributed by atoms with Gasteiger partial charge in [0.2, 0.25) is 5.88 Å². The Morgan fingerprint density at radius 1 is 1.38 bits per heavy atom. The topological polar surface area (TPSA) is 91.8 Å². The van der Waals surface area contributed by atoms with E-state index in [4.69, 9.17) is 5.11 Å². The Kier molecular flexibility index (Phi) is 6.41. The van der Waals surface area contributed by atoms with E-state index in [1.165, 1.54) is 12.1 Å². The van der Waals surface area contributed by atoms with Crippen molar-refractivity contribution in [2.45, 2.75) is 38.0 Å². The number of nitrogens with zero attached hydrogens (tertiary/aromatic N) is 2. The van der Waals surface area contributed by atoms with Gasteiger partial charge in [-0.15, -0.1) is 0 Å². The van der Waals surface area contributed by atoms with Crippen LogP contribution in [0.2, 0.25) is 0 Å². The van der Waals surface area contributed by atoms with Gasteiger partial charge in [-0.05, 0) is 25.5 Å². The van der Waals surface area contributed by atoms with Gasteiger partial charge >= 0.3 is 12.1 Å². The average molecular weight is 375 g/mol. The van der Waals surface area contributed by atoms with Crippen molar-refractivity contribution in [3.8, 4) is 5.88 Å². The molecule has 26 heavy (non-hydrogen) atoms. The van der Waals surface area contributed by atoms with E-state index >= 15 is 0 Å². The molecule has 1 aliphatic rings. The number of nitrogens with one attached hydrogen (secondary N) is 1. The van der Waals surface area contributed by atoms with Crippen molar-refractivity contribution in [1.82, 2.24) is 15.2 Å². The van der Waals surface area contributed by atoms with E-state index in [0.717, 1.165) is 6.20 Å². The molecular formula is C16H20F3N3O4. The third kappa shape index (κ3) is 5.87. The van der Waals surface area contributed by atoms with Crippen LogP contribution in [-0.2, 0) is 4.79 Å². The van der Waals surface area contributed by atoms with Crippen molar-refractivity contribution in [1.29, 1.82) is 0 Å². The molecule has 10 heteroatoms. The Morgan fingerprint density at radius 3 is 2.58 bits per heavy atom. The summed E-state index contributed by atoms with van der Waals surface area (Å²) < 4.78 is 40.7. The molecule has 1 aromatic rings. The molecule has 0 atom stereocenters. The highest BCUT2D eigenvalue weighted by molar-refractivity contribution is 5.94. The van der Waals surface area contributed by atoms with E-state index < -0.39 is 18.8 Å². The van der Waals surface area contributed by atoms with Gasteiger partial charge in [-0.1, -0.05) is 6.92 Å². The number of halogens is 3. The molecule has 0 radical (unpaired) electrons. The van der Waals surface area contributed by atoms with Crippen molar-refractivity contribution in [2.24, 2.45) is 0 Å². The number of aromatic nitrogens is 1. The molecular weight excluding hydrogens is 355 g/mol. The normalized spacial score (nSPS) is 19.7. The summed E-state index contributed by atoms with van der Waals surface area (Å²) in [5.74, 6) is -1.49. The number of alkyl halides is 3. The summed E-state index contributed by atoms with van der Waals surface area (Å²) in [6.07, 6.45) is -2.01. The minimum Gasteiger partial charge on any atom is -0.480 e. The molecule has 0 unspecified atom stereocenters. The fourth-order valence-electron chi connectivity index (χ4n) is 2.70. The first kappa shape index (κ1) is 20.0. The van der Waals surface area contributed by atoms with Gasteiger partial charge in [-0.3, -0.25) is 14.5 Å². The van der Waals surface area contributed by atoms with E-state index in [1.54, 1.807) is 0 Å².